The Morgan fingerprint density at radius 1 is 1.17 bits per heavy atom. The number of hydrogen-bond donors (Lipinski definition) is 1. The molecule has 1 aliphatic rings. The van der Waals surface area contributed by atoms with Gasteiger partial charge in [0.05, 0.1) is 5.60 Å². The van der Waals surface area contributed by atoms with Gasteiger partial charge in [-0.05, 0) is 51.5 Å². The third-order valence-corrected chi connectivity index (χ3v) is 4.83. The summed E-state index contributed by atoms with van der Waals surface area (Å²) in [4.78, 5) is 0. The molecule has 0 spiro atoms. The molecule has 0 aromatic rings. The van der Waals surface area contributed by atoms with Crippen molar-refractivity contribution in [3.05, 3.63) is 0 Å². The Morgan fingerprint density at radius 2 is 1.78 bits per heavy atom. The van der Waals surface area contributed by atoms with E-state index < -0.39 is 0 Å². The average molecular weight is 255 g/mol. The number of ether oxygens (including phenoxy) is 1. The van der Waals surface area contributed by atoms with E-state index in [1.165, 1.54) is 38.5 Å². The van der Waals surface area contributed by atoms with Gasteiger partial charge in [0.2, 0.25) is 0 Å². The maximum atomic E-state index is 5.74. The van der Waals surface area contributed by atoms with Crippen molar-refractivity contribution in [2.75, 3.05) is 13.7 Å². The second-order valence-electron chi connectivity index (χ2n) is 6.43. The van der Waals surface area contributed by atoms with E-state index in [0.717, 1.165) is 18.4 Å². The Morgan fingerprint density at radius 3 is 2.22 bits per heavy atom. The Balaban J connectivity index is 2.60. The largest absolute Gasteiger partial charge is 0.377 e. The van der Waals surface area contributed by atoms with Gasteiger partial charge in [0.25, 0.3) is 0 Å². The maximum Gasteiger partial charge on any atom is 0.0777 e. The topological polar surface area (TPSA) is 21.3 Å². The van der Waals surface area contributed by atoms with Crippen LogP contribution >= 0.6 is 0 Å². The third-order valence-electron chi connectivity index (χ3n) is 4.83. The Bertz CT molecular complexity index is 219. The van der Waals surface area contributed by atoms with Crippen LogP contribution in [0.25, 0.3) is 0 Å². The molecule has 1 unspecified atom stereocenters. The van der Waals surface area contributed by atoms with Gasteiger partial charge in [0.15, 0.2) is 0 Å². The Kier molecular flexibility index (Phi) is 6.65. The molecule has 0 bridgehead atoms. The minimum Gasteiger partial charge on any atom is -0.377 e. The van der Waals surface area contributed by atoms with Gasteiger partial charge in [0.1, 0.15) is 0 Å². The molecule has 2 heteroatoms. The summed E-state index contributed by atoms with van der Waals surface area (Å²) < 4.78 is 5.74. The van der Waals surface area contributed by atoms with Crippen LogP contribution in [0.2, 0.25) is 0 Å². The van der Waals surface area contributed by atoms with Crippen LogP contribution in [0, 0.1) is 11.8 Å². The highest BCUT2D eigenvalue weighted by Gasteiger charge is 2.36. The van der Waals surface area contributed by atoms with Crippen LogP contribution < -0.4 is 5.32 Å². The summed E-state index contributed by atoms with van der Waals surface area (Å²) in [6, 6.07) is 0.500. The van der Waals surface area contributed by atoms with E-state index in [2.05, 4.69) is 33.0 Å². The first-order valence-corrected chi connectivity index (χ1v) is 7.83. The molecule has 1 rings (SSSR count). The van der Waals surface area contributed by atoms with E-state index in [1.807, 2.05) is 7.11 Å². The van der Waals surface area contributed by atoms with Gasteiger partial charge in [-0.15, -0.1) is 0 Å². The van der Waals surface area contributed by atoms with Crippen LogP contribution in [-0.4, -0.2) is 25.3 Å². The van der Waals surface area contributed by atoms with Crippen molar-refractivity contribution in [2.45, 2.75) is 77.9 Å². The zero-order valence-electron chi connectivity index (χ0n) is 13.1. The van der Waals surface area contributed by atoms with Crippen LogP contribution in [0.5, 0.6) is 0 Å². The molecule has 0 amide bonds. The molecule has 1 aliphatic carbocycles. The molecule has 108 valence electrons. The number of rotatable bonds is 7. The lowest BCUT2D eigenvalue weighted by Gasteiger charge is -2.42. The lowest BCUT2D eigenvalue weighted by molar-refractivity contribution is -0.0350. The van der Waals surface area contributed by atoms with Gasteiger partial charge in [-0.25, -0.2) is 0 Å². The number of methoxy groups -OCH3 is 1. The zero-order chi connectivity index (χ0) is 13.6. The highest BCUT2D eigenvalue weighted by molar-refractivity contribution is 4.92. The molecule has 1 N–H and O–H groups in total. The maximum absolute atomic E-state index is 5.74. The van der Waals surface area contributed by atoms with Crippen molar-refractivity contribution in [1.82, 2.24) is 5.32 Å². The molecule has 0 radical (unpaired) electrons. The molecule has 18 heavy (non-hydrogen) atoms. The summed E-state index contributed by atoms with van der Waals surface area (Å²) in [5.41, 5.74) is -0.0567. The average Bonchev–Trinajstić information content (AvgIpc) is 2.39. The van der Waals surface area contributed by atoms with Crippen molar-refractivity contribution in [2.24, 2.45) is 11.8 Å². The van der Waals surface area contributed by atoms with Crippen LogP contribution in [0.3, 0.4) is 0 Å². The van der Waals surface area contributed by atoms with Gasteiger partial charge in [-0.2, -0.15) is 0 Å². The predicted molar refractivity (Wildman–Crippen MR) is 78.9 cm³/mol. The third kappa shape index (κ3) is 4.24. The van der Waals surface area contributed by atoms with E-state index in [9.17, 15) is 0 Å². The minimum absolute atomic E-state index is 0.0567. The van der Waals surface area contributed by atoms with E-state index >= 15 is 0 Å². The SMILES string of the molecule is CCCNC(C1CCC(CC)CC1)C(C)(C)OC. The van der Waals surface area contributed by atoms with Gasteiger partial charge < -0.3 is 10.1 Å². The Hall–Kier alpha value is -0.0800. The molecule has 0 aromatic carbocycles. The second kappa shape index (κ2) is 7.49. The highest BCUT2D eigenvalue weighted by Crippen LogP contribution is 2.36. The summed E-state index contributed by atoms with van der Waals surface area (Å²) >= 11 is 0. The quantitative estimate of drug-likeness (QED) is 0.742. The first-order chi connectivity index (χ1) is 8.55. The standard InChI is InChI=1S/C16H33NO/c1-6-12-17-15(16(3,4)18-5)14-10-8-13(7-2)9-11-14/h13-15,17H,6-12H2,1-5H3. The van der Waals surface area contributed by atoms with Crippen molar-refractivity contribution in [3.63, 3.8) is 0 Å². The summed E-state index contributed by atoms with van der Waals surface area (Å²) in [7, 11) is 1.85. The van der Waals surface area contributed by atoms with E-state index in [-0.39, 0.29) is 5.60 Å². The summed E-state index contributed by atoms with van der Waals surface area (Å²) in [5, 5.41) is 3.74. The van der Waals surface area contributed by atoms with Gasteiger partial charge in [-0.1, -0.05) is 33.1 Å². The van der Waals surface area contributed by atoms with Crippen LogP contribution in [0.1, 0.15) is 66.2 Å². The summed E-state index contributed by atoms with van der Waals surface area (Å²) in [6.07, 6.45) is 8.10. The molecule has 1 fully saturated rings. The lowest BCUT2D eigenvalue weighted by atomic mass is 9.73. The summed E-state index contributed by atoms with van der Waals surface area (Å²) in [6.45, 7) is 10.1. The minimum atomic E-state index is -0.0567. The van der Waals surface area contributed by atoms with E-state index in [1.54, 1.807) is 0 Å². The van der Waals surface area contributed by atoms with Crippen LogP contribution in [0.4, 0.5) is 0 Å². The highest BCUT2D eigenvalue weighted by atomic mass is 16.5. The zero-order valence-corrected chi connectivity index (χ0v) is 13.1. The fourth-order valence-electron chi connectivity index (χ4n) is 3.34. The van der Waals surface area contributed by atoms with Crippen LogP contribution in [-0.2, 0) is 4.74 Å². The Labute approximate surface area is 114 Å². The van der Waals surface area contributed by atoms with Gasteiger partial charge >= 0.3 is 0 Å². The molecule has 1 atom stereocenters. The molecular formula is C16H33NO. The fraction of sp³-hybridized carbons (Fsp3) is 1.00. The van der Waals surface area contributed by atoms with Crippen molar-refractivity contribution >= 4 is 0 Å². The molecule has 0 heterocycles. The van der Waals surface area contributed by atoms with E-state index in [4.69, 9.17) is 4.74 Å². The smallest absolute Gasteiger partial charge is 0.0777 e. The predicted octanol–water partition coefficient (Wildman–Crippen LogP) is 4.00. The molecular weight excluding hydrogens is 222 g/mol. The van der Waals surface area contributed by atoms with Gasteiger partial charge in [0, 0.05) is 13.2 Å². The molecule has 0 saturated heterocycles. The number of hydrogen-bond acceptors (Lipinski definition) is 2. The van der Waals surface area contributed by atoms with Crippen molar-refractivity contribution in [3.8, 4) is 0 Å². The van der Waals surface area contributed by atoms with Gasteiger partial charge in [-0.3, -0.25) is 0 Å². The van der Waals surface area contributed by atoms with Crippen molar-refractivity contribution < 1.29 is 4.74 Å². The number of nitrogens with one attached hydrogen (secondary N) is 1. The second-order valence-corrected chi connectivity index (χ2v) is 6.43. The molecule has 0 aromatic heterocycles. The molecule has 2 nitrogen and oxygen atoms in total. The lowest BCUT2D eigenvalue weighted by Crippen LogP contribution is -2.53. The summed E-state index contributed by atoms with van der Waals surface area (Å²) in [5.74, 6) is 1.76. The van der Waals surface area contributed by atoms with Crippen LogP contribution in [0.15, 0.2) is 0 Å². The fourth-order valence-corrected chi connectivity index (χ4v) is 3.34. The first-order valence-electron chi connectivity index (χ1n) is 7.83. The normalized spacial score (nSPS) is 27.2. The molecule has 1 saturated carbocycles. The monoisotopic (exact) mass is 255 g/mol. The first kappa shape index (κ1) is 16.0. The van der Waals surface area contributed by atoms with Crippen molar-refractivity contribution in [1.29, 1.82) is 0 Å². The van der Waals surface area contributed by atoms with E-state index in [0.29, 0.717) is 6.04 Å². The molecule has 0 aliphatic heterocycles.